The van der Waals surface area contributed by atoms with Gasteiger partial charge in [0, 0.05) is 58.2 Å². The van der Waals surface area contributed by atoms with E-state index < -0.39 is 23.6 Å². The Labute approximate surface area is 521 Å². The monoisotopic (exact) mass is 1230 g/mol. The van der Waals surface area contributed by atoms with Crippen LogP contribution in [0.1, 0.15) is 229 Å². The second kappa shape index (κ2) is 47.2. The van der Waals surface area contributed by atoms with Crippen LogP contribution in [0.15, 0.2) is 121 Å². The molecule has 0 spiro atoms. The molecule has 0 bridgehead atoms. The van der Waals surface area contributed by atoms with E-state index in [1.165, 1.54) is 136 Å². The van der Waals surface area contributed by atoms with Crippen LogP contribution in [0.2, 0.25) is 10.1 Å². The largest absolute Gasteiger partial charge is 0.405 e. The van der Waals surface area contributed by atoms with Gasteiger partial charge in [0.05, 0.1) is 15.5 Å². The lowest BCUT2D eigenvalue weighted by Gasteiger charge is -2.44. The standard InChI is InChI=1S/C38H58O3Si.C33H50O2Si.CH4O.H2P2S/c1-34(41-42(38(2,3)4,35-27-19-16-20-28-35)36-29-21-17-22-30-36)26-18-14-12-10-8-6-5-7-9-11-13-15-24-32-39-37-31-23-25-33-40-37;1-30(24-18-14-12-10-8-6-5-7-9-11-13-15-23-29-34)35-36(33(2,3)4,31-25-19-16-20-26-31)32-27-21-17-22-28-32;1-2;1-2-3/h16-17,19-22,27-30,34,37H,5-10,12,14-15,18,23-26,31-33H2,1-4H3;16-17,19-22,25-28,30,34H,5-10,12,14-15,18,23-24,29H2,1-4H3;2H,1H3;1H2/p+1/i/hT. The summed E-state index contributed by atoms with van der Waals surface area (Å²) in [5, 5.41) is 21.3. The Kier molecular flexibility index (Phi) is 42.3. The maximum Gasteiger partial charge on any atom is 0.355 e. The molecule has 11 heteroatoms. The smallest absolute Gasteiger partial charge is 0.355 e. The van der Waals surface area contributed by atoms with E-state index in [9.17, 15) is 0 Å². The highest BCUT2D eigenvalue weighted by atomic mass is 32.6. The number of hydrogen-bond donors (Lipinski definition) is 2. The molecule has 5 unspecified atom stereocenters. The maximum atomic E-state index is 8.76. The van der Waals surface area contributed by atoms with Crippen molar-refractivity contribution in [3.8, 4) is 23.7 Å². The van der Waals surface area contributed by atoms with Crippen LogP contribution >= 0.6 is 15.9 Å². The van der Waals surface area contributed by atoms with Gasteiger partial charge in [-0.25, -0.2) is 0 Å². The number of benzene rings is 4. The molecule has 462 valence electrons. The van der Waals surface area contributed by atoms with Gasteiger partial charge < -0.3 is 28.5 Å². The predicted molar refractivity (Wildman–Crippen MR) is 373 cm³/mol. The molecule has 5 rings (SSSR count). The first-order chi connectivity index (χ1) is 40.6. The van der Waals surface area contributed by atoms with Crippen LogP contribution in [0.4, 0.5) is 0 Å². The molecule has 0 amide bonds. The molecule has 4 aromatic rings. The molecule has 6 nitrogen and oxygen atoms in total. The highest BCUT2D eigenvalue weighted by molar-refractivity contribution is 8.24. The van der Waals surface area contributed by atoms with Crippen molar-refractivity contribution in [1.82, 2.24) is 0 Å². The van der Waals surface area contributed by atoms with Gasteiger partial charge in [0.2, 0.25) is 0 Å². The summed E-state index contributed by atoms with van der Waals surface area (Å²) >= 11 is 4.31. The summed E-state index contributed by atoms with van der Waals surface area (Å²) in [6.07, 6.45) is 32.7. The number of hydrogen-bond acceptors (Lipinski definition) is 7. The van der Waals surface area contributed by atoms with E-state index in [4.69, 9.17) is 29.8 Å². The molecule has 5 atom stereocenters. The molecule has 1 fully saturated rings. The lowest BCUT2D eigenvalue weighted by molar-refractivity contribution is -0.162. The second-order valence-electron chi connectivity index (χ2n) is 24.3. The molecule has 4 aromatic carbocycles. The zero-order valence-corrected chi connectivity index (χ0v) is 58.3. The summed E-state index contributed by atoms with van der Waals surface area (Å²) < 4.78 is 32.2. The van der Waals surface area contributed by atoms with Gasteiger partial charge in [-0.3, -0.25) is 0 Å². The van der Waals surface area contributed by atoms with E-state index in [1.54, 1.807) is 0 Å². The topological polar surface area (TPSA) is 77.4 Å². The fourth-order valence-corrected chi connectivity index (χ4v) is 20.7. The normalized spacial score (nSPS) is 14.5. The summed E-state index contributed by atoms with van der Waals surface area (Å²) in [6.45, 7) is 19.7. The predicted octanol–water partition coefficient (Wildman–Crippen LogP) is 17.3. The number of aliphatic hydroxyl groups excluding tert-OH is 2. The van der Waals surface area contributed by atoms with Crippen molar-refractivity contribution in [2.75, 3.05) is 26.9 Å². The summed E-state index contributed by atoms with van der Waals surface area (Å²) in [6, 6.07) is 44.0. The molecule has 0 radical (unpaired) electrons. The fraction of sp³-hybridized carbons (Fsp3) is 0.611. The summed E-state index contributed by atoms with van der Waals surface area (Å²) in [4.78, 5) is 0. The zero-order valence-electron chi connectivity index (χ0n) is 54.5. The lowest BCUT2D eigenvalue weighted by Crippen LogP contribution is -2.67. The molecular formula is C72H115O6P2SSi2+. The van der Waals surface area contributed by atoms with Crippen LogP contribution < -0.4 is 20.7 Å². The molecule has 1 aliphatic heterocycles. The Bertz CT molecular complexity index is 2260. The molecule has 1 saturated heterocycles. The Morgan fingerprint density at radius 3 is 1.13 bits per heavy atom. The number of rotatable bonds is 34. The molecule has 83 heavy (non-hydrogen) atoms. The van der Waals surface area contributed by atoms with Crippen LogP contribution in [0.25, 0.3) is 0 Å². The molecule has 0 aromatic heterocycles. The summed E-state index contributed by atoms with van der Waals surface area (Å²) in [5.74, 6) is 13.0. The highest BCUT2D eigenvalue weighted by Crippen LogP contribution is 2.39. The van der Waals surface area contributed by atoms with Crippen molar-refractivity contribution in [3.63, 3.8) is 0 Å². The van der Waals surface area contributed by atoms with Crippen molar-refractivity contribution in [3.05, 3.63) is 121 Å². The van der Waals surface area contributed by atoms with Crippen LogP contribution in [0, 0.1) is 23.7 Å². The van der Waals surface area contributed by atoms with Crippen LogP contribution in [0.3, 0.4) is 0 Å². The van der Waals surface area contributed by atoms with E-state index in [0.717, 1.165) is 78.1 Å². The van der Waals surface area contributed by atoms with Gasteiger partial charge in [-0.1, -0.05) is 253 Å². The number of unbranched alkanes of at least 4 members (excludes halogenated alkanes) is 18. The van der Waals surface area contributed by atoms with Gasteiger partial charge in [0.25, 0.3) is 16.6 Å². The van der Waals surface area contributed by atoms with Crippen molar-refractivity contribution in [2.45, 2.75) is 257 Å². The van der Waals surface area contributed by atoms with Crippen LogP contribution in [0.5, 0.6) is 0 Å². The second-order valence-corrected chi connectivity index (χ2v) is 35.6. The minimum atomic E-state index is -2.45. The van der Waals surface area contributed by atoms with Crippen molar-refractivity contribution >= 4 is 65.1 Å². The van der Waals surface area contributed by atoms with E-state index in [2.05, 4.69) is 221 Å². The quantitative estimate of drug-likeness (QED) is 0.0209. The van der Waals surface area contributed by atoms with Crippen molar-refractivity contribution in [1.29, 1.82) is 1.28 Å². The fourth-order valence-electron chi connectivity index (χ4n) is 11.3. The molecule has 2 N–H and O–H groups in total. The SMILES string of the molecule is CC(CCCCCCCCCCC#CCCCO)O[Si](c1ccccc1)(c1ccccc1)C(C)(C)C.CC(CCCCCCCCCCC#CCCCOC1CCCCO1)O[Si](c1ccccc1)(c1ccccc1)C(C)(C)C.CO.[3H][P+](P)=S. The van der Waals surface area contributed by atoms with Crippen LogP contribution in [-0.4, -0.2) is 73.6 Å². The Balaban J connectivity index is 0.000000529. The highest BCUT2D eigenvalue weighted by Gasteiger charge is 2.52. The zero-order chi connectivity index (χ0) is 61.6. The molecule has 0 saturated carbocycles. The van der Waals surface area contributed by atoms with E-state index in [0.29, 0.717) is 0 Å². The van der Waals surface area contributed by atoms with Gasteiger partial charge >= 0.3 is 1.28 Å². The average molecular weight is 1230 g/mol. The van der Waals surface area contributed by atoms with Gasteiger partial charge in [0.1, 0.15) is 0 Å². The first kappa shape index (κ1) is 74.4. The minimum Gasteiger partial charge on any atom is -0.405 e. The Hall–Kier alpha value is -2.86. The van der Waals surface area contributed by atoms with Gasteiger partial charge in [-0.15, -0.1) is 23.7 Å². The van der Waals surface area contributed by atoms with E-state index in [-0.39, 0.29) is 35.2 Å². The first-order valence-electron chi connectivity index (χ1n) is 32.5. The van der Waals surface area contributed by atoms with Gasteiger partial charge in [0.15, 0.2) is 25.1 Å². The third kappa shape index (κ3) is 30.6. The summed E-state index contributed by atoms with van der Waals surface area (Å²) in [5.41, 5.74) is 0. The van der Waals surface area contributed by atoms with Crippen LogP contribution in [-0.2, 0) is 30.1 Å². The van der Waals surface area contributed by atoms with Gasteiger partial charge in [-0.2, -0.15) is 0 Å². The van der Waals surface area contributed by atoms with E-state index >= 15 is 0 Å². The number of aliphatic hydroxyl groups is 2. The molecule has 1 aliphatic rings. The number of ether oxygens (including phenoxy) is 2. The minimum absolute atomic E-state index is 0.0318. The first-order valence-corrected chi connectivity index (χ1v) is 39.4. The van der Waals surface area contributed by atoms with Crippen molar-refractivity contribution < 1.29 is 28.5 Å². The summed E-state index contributed by atoms with van der Waals surface area (Å²) in [7, 11) is -1.68. The lowest BCUT2D eigenvalue weighted by atomic mass is 10.1. The molecule has 1 heterocycles. The third-order valence-electron chi connectivity index (χ3n) is 15.5. The van der Waals surface area contributed by atoms with Gasteiger partial charge in [-0.05, 0) is 102 Å². The third-order valence-corrected chi connectivity index (χ3v) is 25.8. The maximum absolute atomic E-state index is 8.76. The van der Waals surface area contributed by atoms with E-state index in [1.807, 2.05) is 0 Å². The van der Waals surface area contributed by atoms with Crippen molar-refractivity contribution in [2.24, 2.45) is 0 Å². The molecular weight excluding hydrogens is 1110 g/mol. The Morgan fingerprint density at radius 1 is 0.530 bits per heavy atom. The average Bonchev–Trinajstić information content (AvgIpc) is 1.69. The molecule has 0 aliphatic carbocycles. The Morgan fingerprint density at radius 2 is 0.831 bits per heavy atom.